The normalized spacial score (nSPS) is 16.5. The van der Waals surface area contributed by atoms with Crippen molar-refractivity contribution in [2.75, 3.05) is 45.8 Å². The van der Waals surface area contributed by atoms with Gasteiger partial charge >= 0.3 is 0 Å². The lowest BCUT2D eigenvalue weighted by Crippen LogP contribution is -2.46. The zero-order chi connectivity index (χ0) is 20.2. The summed E-state index contributed by atoms with van der Waals surface area (Å²) in [5, 5.41) is 7.86. The maximum absolute atomic E-state index is 12.8. The molecule has 2 aromatic carbocycles. The standard InChI is InChI=1S/C22H26N4O3.ClH/c27-19(24-11-15-25-13-9-23-10-14-25)8-3-12-26-21(28)17-6-1-4-16-5-2-7-18(20(16)17)22(26)29;/h1-2,4-7,23H,3,8-15H2,(H,24,27);1H. The van der Waals surface area contributed by atoms with Crippen LogP contribution in [-0.2, 0) is 4.79 Å². The SMILES string of the molecule is Cl.O=C(CCCN1C(=O)c2cccc3cccc(c23)C1=O)NCCN1CCNCC1. The van der Waals surface area contributed by atoms with E-state index in [-0.39, 0.29) is 36.7 Å². The number of nitrogens with one attached hydrogen (secondary N) is 2. The van der Waals surface area contributed by atoms with E-state index in [1.54, 1.807) is 12.1 Å². The minimum atomic E-state index is -0.279. The van der Waals surface area contributed by atoms with Crippen LogP contribution in [0.4, 0.5) is 0 Å². The van der Waals surface area contributed by atoms with Gasteiger partial charge in [0.1, 0.15) is 0 Å². The minimum Gasteiger partial charge on any atom is -0.355 e. The number of rotatable bonds is 7. The van der Waals surface area contributed by atoms with Gasteiger partial charge in [0.2, 0.25) is 5.91 Å². The van der Waals surface area contributed by atoms with Crippen LogP contribution in [0.2, 0.25) is 0 Å². The highest BCUT2D eigenvalue weighted by Gasteiger charge is 2.32. The summed E-state index contributed by atoms with van der Waals surface area (Å²) in [6.07, 6.45) is 0.750. The van der Waals surface area contributed by atoms with Gasteiger partial charge in [0.25, 0.3) is 11.8 Å². The van der Waals surface area contributed by atoms with Crippen molar-refractivity contribution >= 4 is 40.9 Å². The van der Waals surface area contributed by atoms with E-state index in [2.05, 4.69) is 15.5 Å². The number of amides is 3. The third-order valence-corrected chi connectivity index (χ3v) is 5.60. The highest BCUT2D eigenvalue weighted by molar-refractivity contribution is 6.25. The van der Waals surface area contributed by atoms with E-state index in [4.69, 9.17) is 0 Å². The molecule has 1 fully saturated rings. The fourth-order valence-corrected chi connectivity index (χ4v) is 4.06. The van der Waals surface area contributed by atoms with Crippen molar-refractivity contribution in [2.24, 2.45) is 0 Å². The molecule has 7 nitrogen and oxygen atoms in total. The van der Waals surface area contributed by atoms with Crippen LogP contribution >= 0.6 is 12.4 Å². The van der Waals surface area contributed by atoms with E-state index in [0.717, 1.165) is 43.5 Å². The van der Waals surface area contributed by atoms with Crippen molar-refractivity contribution in [2.45, 2.75) is 12.8 Å². The second kappa shape index (κ2) is 10.0. The summed E-state index contributed by atoms with van der Waals surface area (Å²) >= 11 is 0. The van der Waals surface area contributed by atoms with E-state index in [9.17, 15) is 14.4 Å². The Labute approximate surface area is 182 Å². The van der Waals surface area contributed by atoms with Crippen molar-refractivity contribution in [3.63, 3.8) is 0 Å². The first kappa shape index (κ1) is 22.2. The predicted molar refractivity (Wildman–Crippen MR) is 118 cm³/mol. The second-order valence-electron chi connectivity index (χ2n) is 7.52. The Morgan fingerprint density at radius 3 is 2.23 bits per heavy atom. The maximum Gasteiger partial charge on any atom is 0.261 e. The lowest BCUT2D eigenvalue weighted by atomic mass is 9.94. The van der Waals surface area contributed by atoms with E-state index < -0.39 is 0 Å². The zero-order valence-electron chi connectivity index (χ0n) is 16.9. The quantitative estimate of drug-likeness (QED) is 0.653. The van der Waals surface area contributed by atoms with Gasteiger partial charge < -0.3 is 10.6 Å². The van der Waals surface area contributed by atoms with Crippen LogP contribution in [0.15, 0.2) is 36.4 Å². The number of halogens is 1. The highest BCUT2D eigenvalue weighted by Crippen LogP contribution is 2.29. The summed E-state index contributed by atoms with van der Waals surface area (Å²) in [6, 6.07) is 11.0. The lowest BCUT2D eigenvalue weighted by Gasteiger charge is -2.27. The molecular formula is C22H27ClN4O3. The summed E-state index contributed by atoms with van der Waals surface area (Å²) in [4.78, 5) is 41.4. The van der Waals surface area contributed by atoms with Crippen molar-refractivity contribution in [3.05, 3.63) is 47.5 Å². The van der Waals surface area contributed by atoms with E-state index in [0.29, 0.717) is 30.5 Å². The highest BCUT2D eigenvalue weighted by atomic mass is 35.5. The van der Waals surface area contributed by atoms with Gasteiger partial charge in [0, 0.05) is 68.7 Å². The molecule has 0 atom stereocenters. The van der Waals surface area contributed by atoms with Gasteiger partial charge in [-0.05, 0) is 23.9 Å². The topological polar surface area (TPSA) is 81.8 Å². The molecular weight excluding hydrogens is 404 g/mol. The molecule has 1 saturated heterocycles. The van der Waals surface area contributed by atoms with E-state index >= 15 is 0 Å². The number of imide groups is 1. The predicted octanol–water partition coefficient (Wildman–Crippen LogP) is 1.66. The second-order valence-corrected chi connectivity index (χ2v) is 7.52. The van der Waals surface area contributed by atoms with Crippen molar-refractivity contribution < 1.29 is 14.4 Å². The Hall–Kier alpha value is -2.48. The molecule has 0 aliphatic carbocycles. The Morgan fingerprint density at radius 1 is 0.967 bits per heavy atom. The van der Waals surface area contributed by atoms with Crippen LogP contribution in [0.3, 0.4) is 0 Å². The summed E-state index contributed by atoms with van der Waals surface area (Å²) < 4.78 is 0. The van der Waals surface area contributed by atoms with Gasteiger partial charge in [-0.3, -0.25) is 24.2 Å². The van der Waals surface area contributed by atoms with Crippen molar-refractivity contribution in [1.29, 1.82) is 0 Å². The third-order valence-electron chi connectivity index (χ3n) is 5.60. The molecule has 3 amide bonds. The molecule has 8 heteroatoms. The number of hydrogen-bond acceptors (Lipinski definition) is 5. The third kappa shape index (κ3) is 4.64. The molecule has 0 bridgehead atoms. The Kier molecular flexibility index (Phi) is 7.42. The number of nitrogens with zero attached hydrogens (tertiary/aromatic N) is 2. The molecule has 2 aliphatic rings. The summed E-state index contributed by atoms with van der Waals surface area (Å²) in [7, 11) is 0. The molecule has 0 radical (unpaired) electrons. The Bertz CT molecular complexity index is 892. The Balaban J connectivity index is 0.00000256. The maximum atomic E-state index is 12.8. The summed E-state index contributed by atoms with van der Waals surface area (Å²) in [5.74, 6) is -0.601. The molecule has 0 saturated carbocycles. The molecule has 0 unspecified atom stereocenters. The first-order chi connectivity index (χ1) is 14.1. The fraction of sp³-hybridized carbons (Fsp3) is 0.409. The first-order valence-electron chi connectivity index (χ1n) is 10.2. The smallest absolute Gasteiger partial charge is 0.261 e. The molecule has 0 aromatic heterocycles. The van der Waals surface area contributed by atoms with Gasteiger partial charge in [-0.2, -0.15) is 0 Å². The van der Waals surface area contributed by atoms with E-state index in [1.807, 2.05) is 24.3 Å². The van der Waals surface area contributed by atoms with Gasteiger partial charge in [-0.1, -0.05) is 24.3 Å². The largest absolute Gasteiger partial charge is 0.355 e. The molecule has 4 rings (SSSR count). The van der Waals surface area contributed by atoms with Crippen LogP contribution in [0.25, 0.3) is 10.8 Å². The van der Waals surface area contributed by atoms with Crippen molar-refractivity contribution in [1.82, 2.24) is 20.4 Å². The van der Waals surface area contributed by atoms with Gasteiger partial charge in [-0.15, -0.1) is 12.4 Å². The van der Waals surface area contributed by atoms with Gasteiger partial charge in [0.15, 0.2) is 0 Å². The molecule has 0 spiro atoms. The van der Waals surface area contributed by atoms with Crippen LogP contribution in [0.1, 0.15) is 33.6 Å². The van der Waals surface area contributed by atoms with E-state index in [1.165, 1.54) is 4.90 Å². The summed E-state index contributed by atoms with van der Waals surface area (Å²) in [5.41, 5.74) is 1.11. The monoisotopic (exact) mass is 430 g/mol. The van der Waals surface area contributed by atoms with Crippen LogP contribution in [-0.4, -0.2) is 73.3 Å². The number of hydrogen-bond donors (Lipinski definition) is 2. The average Bonchev–Trinajstić information content (AvgIpc) is 2.75. The number of carbonyl (C=O) groups excluding carboxylic acids is 3. The van der Waals surface area contributed by atoms with Crippen LogP contribution < -0.4 is 10.6 Å². The minimum absolute atomic E-state index is 0. The van der Waals surface area contributed by atoms with Crippen LogP contribution in [0.5, 0.6) is 0 Å². The number of piperazine rings is 1. The molecule has 2 N–H and O–H groups in total. The molecule has 2 aliphatic heterocycles. The number of carbonyl (C=O) groups is 3. The van der Waals surface area contributed by atoms with Gasteiger partial charge in [0.05, 0.1) is 0 Å². The summed E-state index contributed by atoms with van der Waals surface area (Å²) in [6.45, 7) is 5.69. The first-order valence-corrected chi connectivity index (χ1v) is 10.2. The van der Waals surface area contributed by atoms with Gasteiger partial charge in [-0.25, -0.2) is 0 Å². The molecule has 2 heterocycles. The molecule has 160 valence electrons. The average molecular weight is 431 g/mol. The molecule has 30 heavy (non-hydrogen) atoms. The van der Waals surface area contributed by atoms with Crippen molar-refractivity contribution in [3.8, 4) is 0 Å². The number of benzene rings is 2. The van der Waals surface area contributed by atoms with Crippen LogP contribution in [0, 0.1) is 0 Å². The molecule has 2 aromatic rings. The Morgan fingerprint density at radius 2 is 1.60 bits per heavy atom. The lowest BCUT2D eigenvalue weighted by molar-refractivity contribution is -0.121. The fourth-order valence-electron chi connectivity index (χ4n) is 4.06. The zero-order valence-corrected chi connectivity index (χ0v) is 17.7.